The molecule has 0 amide bonds. The summed E-state index contributed by atoms with van der Waals surface area (Å²) in [5.74, 6) is 0.660. The van der Waals surface area contributed by atoms with Gasteiger partial charge in [0.25, 0.3) is 0 Å². The number of furan rings is 1. The van der Waals surface area contributed by atoms with E-state index in [4.69, 9.17) is 14.4 Å². The number of phenols is 1. The van der Waals surface area contributed by atoms with E-state index in [9.17, 15) is 5.11 Å². The van der Waals surface area contributed by atoms with Gasteiger partial charge in [-0.1, -0.05) is 166 Å². The highest BCUT2D eigenvalue weighted by atomic mass is 16.3. The minimum atomic E-state index is -0.157. The van der Waals surface area contributed by atoms with Crippen molar-refractivity contribution in [1.29, 1.82) is 0 Å². The highest BCUT2D eigenvalue weighted by Gasteiger charge is 2.27. The number of phenolic OH excluding ortho intramolecular Hbond substituents is 1. The van der Waals surface area contributed by atoms with Crippen molar-refractivity contribution in [2.75, 3.05) is 0 Å². The van der Waals surface area contributed by atoms with Crippen molar-refractivity contribution in [1.82, 2.24) is 14.5 Å². The molecule has 0 unspecified atom stereocenters. The highest BCUT2D eigenvalue weighted by Crippen LogP contribution is 2.46. The largest absolute Gasteiger partial charge is 0.507 e. The quantitative estimate of drug-likeness (QED) is 0.174. The van der Waals surface area contributed by atoms with Crippen molar-refractivity contribution >= 4 is 33.0 Å². The second-order valence-corrected chi connectivity index (χ2v) is 17.2. The fraction of sp³-hybridized carbons (Fsp3) is 0.0690. The van der Waals surface area contributed by atoms with E-state index in [1.807, 2.05) is 42.6 Å². The van der Waals surface area contributed by atoms with Crippen LogP contribution in [0.1, 0.15) is 26.3 Å². The van der Waals surface area contributed by atoms with Crippen LogP contribution in [-0.2, 0) is 5.41 Å². The number of rotatable bonds is 7. The molecular formula is C58H43N3O2. The molecule has 0 aliphatic rings. The number of hydrogen-bond donors (Lipinski definition) is 1. The standard InChI is InChI=1S/C58H43N3O2/c1-58(2,3)43-34-41(33-42(35-43)49-36-40(31-32-59-49)37-17-7-4-8-18-37)45-24-16-28-51-54(45)60-57(61(51)50-27-14-13-23-44(50)38-19-9-5-10-20-38)53-52(62)30-29-48-47-26-15-25-46(55(47)63-56(48)53)39-21-11-6-12-22-39/h4-36,62H,1-3H3. The molecule has 3 aromatic heterocycles. The van der Waals surface area contributed by atoms with Crippen LogP contribution >= 0.6 is 0 Å². The third-order valence-electron chi connectivity index (χ3n) is 12.1. The fourth-order valence-electron chi connectivity index (χ4n) is 8.95. The van der Waals surface area contributed by atoms with Gasteiger partial charge < -0.3 is 9.52 Å². The van der Waals surface area contributed by atoms with Gasteiger partial charge in [0, 0.05) is 39.2 Å². The lowest BCUT2D eigenvalue weighted by atomic mass is 9.83. The molecule has 0 saturated carbocycles. The molecule has 8 aromatic carbocycles. The maximum atomic E-state index is 12.1. The van der Waals surface area contributed by atoms with Crippen LogP contribution in [0.2, 0.25) is 0 Å². The Morgan fingerprint density at radius 2 is 1.11 bits per heavy atom. The average molecular weight is 814 g/mol. The summed E-state index contributed by atoms with van der Waals surface area (Å²) in [6.07, 6.45) is 1.90. The molecule has 0 saturated heterocycles. The molecule has 0 atom stereocenters. The Balaban J connectivity index is 1.20. The third-order valence-corrected chi connectivity index (χ3v) is 12.1. The summed E-state index contributed by atoms with van der Waals surface area (Å²) < 4.78 is 9.16. The summed E-state index contributed by atoms with van der Waals surface area (Å²) in [4.78, 5) is 10.5. The van der Waals surface area contributed by atoms with Crippen LogP contribution in [-0.4, -0.2) is 19.6 Å². The fourth-order valence-corrected chi connectivity index (χ4v) is 8.95. The van der Waals surface area contributed by atoms with Gasteiger partial charge in [-0.2, -0.15) is 0 Å². The number of imidazole rings is 1. The zero-order valence-electron chi connectivity index (χ0n) is 35.2. The first-order valence-corrected chi connectivity index (χ1v) is 21.4. The maximum absolute atomic E-state index is 12.1. The molecule has 5 heteroatoms. The molecule has 11 rings (SSSR count). The number of fused-ring (bicyclic) bond motifs is 4. The number of pyridine rings is 1. The Morgan fingerprint density at radius 1 is 0.492 bits per heavy atom. The Bertz CT molecular complexity index is 3490. The summed E-state index contributed by atoms with van der Waals surface area (Å²) in [5, 5.41) is 14.0. The van der Waals surface area contributed by atoms with Crippen LogP contribution in [0.4, 0.5) is 0 Å². The lowest BCUT2D eigenvalue weighted by Crippen LogP contribution is -2.11. The van der Waals surface area contributed by atoms with Gasteiger partial charge in [-0.15, -0.1) is 0 Å². The zero-order valence-corrected chi connectivity index (χ0v) is 35.2. The van der Waals surface area contributed by atoms with Crippen molar-refractivity contribution in [3.8, 4) is 78.6 Å². The summed E-state index contributed by atoms with van der Waals surface area (Å²) in [6.45, 7) is 6.74. The summed E-state index contributed by atoms with van der Waals surface area (Å²) >= 11 is 0. The van der Waals surface area contributed by atoms with Crippen molar-refractivity contribution in [3.05, 3.63) is 206 Å². The number of aromatic nitrogens is 3. The zero-order chi connectivity index (χ0) is 42.7. The monoisotopic (exact) mass is 813 g/mol. The molecule has 0 radical (unpaired) electrons. The van der Waals surface area contributed by atoms with Gasteiger partial charge in [0.15, 0.2) is 5.82 Å². The molecule has 63 heavy (non-hydrogen) atoms. The van der Waals surface area contributed by atoms with Crippen LogP contribution in [0.3, 0.4) is 0 Å². The van der Waals surface area contributed by atoms with Gasteiger partial charge >= 0.3 is 0 Å². The second-order valence-electron chi connectivity index (χ2n) is 17.2. The summed E-state index contributed by atoms with van der Waals surface area (Å²) in [5.41, 5.74) is 15.9. The van der Waals surface area contributed by atoms with E-state index in [0.717, 1.165) is 88.8 Å². The average Bonchev–Trinajstić information content (AvgIpc) is 3.91. The Hall–Kier alpha value is -8.02. The molecule has 0 spiro atoms. The summed E-state index contributed by atoms with van der Waals surface area (Å²) in [6, 6.07) is 66.9. The van der Waals surface area contributed by atoms with Crippen molar-refractivity contribution < 1.29 is 9.52 Å². The molecule has 5 nitrogen and oxygen atoms in total. The van der Waals surface area contributed by atoms with Gasteiger partial charge in [-0.3, -0.25) is 9.55 Å². The maximum Gasteiger partial charge on any atom is 0.153 e. The first-order chi connectivity index (χ1) is 30.8. The summed E-state index contributed by atoms with van der Waals surface area (Å²) in [7, 11) is 0. The van der Waals surface area contributed by atoms with Crippen molar-refractivity contribution in [3.63, 3.8) is 0 Å². The van der Waals surface area contributed by atoms with Crippen LogP contribution in [0.5, 0.6) is 5.75 Å². The molecule has 0 aliphatic carbocycles. The molecule has 0 aliphatic heterocycles. The minimum absolute atomic E-state index is 0.0829. The van der Waals surface area contributed by atoms with E-state index >= 15 is 0 Å². The molecule has 11 aromatic rings. The topological polar surface area (TPSA) is 64.1 Å². The second kappa shape index (κ2) is 15.2. The van der Waals surface area contributed by atoms with Gasteiger partial charge in [0.05, 0.1) is 22.4 Å². The lowest BCUT2D eigenvalue weighted by molar-refractivity contribution is 0.476. The molecule has 0 fully saturated rings. The molecular weight excluding hydrogens is 771 g/mol. The first kappa shape index (κ1) is 37.9. The van der Waals surface area contributed by atoms with E-state index in [2.05, 4.69) is 177 Å². The van der Waals surface area contributed by atoms with Crippen LogP contribution in [0.15, 0.2) is 205 Å². The van der Waals surface area contributed by atoms with E-state index in [0.29, 0.717) is 17.0 Å². The van der Waals surface area contributed by atoms with E-state index in [1.165, 1.54) is 5.56 Å². The van der Waals surface area contributed by atoms with Crippen molar-refractivity contribution in [2.45, 2.75) is 26.2 Å². The smallest absolute Gasteiger partial charge is 0.153 e. The van der Waals surface area contributed by atoms with E-state index < -0.39 is 0 Å². The highest BCUT2D eigenvalue weighted by molar-refractivity contribution is 6.14. The van der Waals surface area contributed by atoms with Gasteiger partial charge in [-0.05, 0) is 87.3 Å². The van der Waals surface area contributed by atoms with Crippen LogP contribution in [0, 0.1) is 0 Å². The Morgan fingerprint density at radius 3 is 1.86 bits per heavy atom. The number of benzene rings is 8. The van der Waals surface area contributed by atoms with Gasteiger partial charge in [0.1, 0.15) is 22.5 Å². The normalized spacial score (nSPS) is 11.8. The number of nitrogens with zero attached hydrogens (tertiary/aromatic N) is 3. The molecule has 302 valence electrons. The van der Waals surface area contributed by atoms with Gasteiger partial charge in [-0.25, -0.2) is 4.98 Å². The molecule has 3 heterocycles. The van der Waals surface area contributed by atoms with Gasteiger partial charge in [0.2, 0.25) is 0 Å². The van der Waals surface area contributed by atoms with Crippen molar-refractivity contribution in [2.24, 2.45) is 0 Å². The molecule has 0 bridgehead atoms. The first-order valence-electron chi connectivity index (χ1n) is 21.4. The third kappa shape index (κ3) is 6.66. The predicted octanol–water partition coefficient (Wildman–Crippen LogP) is 15.3. The Labute approximate surface area is 366 Å². The Kier molecular flexibility index (Phi) is 9.13. The van der Waals surface area contributed by atoms with E-state index in [-0.39, 0.29) is 11.2 Å². The van der Waals surface area contributed by atoms with Crippen LogP contribution in [0.25, 0.3) is 106 Å². The number of para-hydroxylation sites is 3. The van der Waals surface area contributed by atoms with Crippen LogP contribution < -0.4 is 0 Å². The number of aromatic hydroxyl groups is 1. The molecule has 1 N–H and O–H groups in total. The number of hydrogen-bond acceptors (Lipinski definition) is 4. The lowest BCUT2D eigenvalue weighted by Gasteiger charge is -2.22. The minimum Gasteiger partial charge on any atom is -0.507 e. The SMILES string of the molecule is CC(C)(C)c1cc(-c2cc(-c3ccccc3)ccn2)cc(-c2cccc3c2nc(-c2c(O)ccc4c2oc2c(-c5ccccc5)cccc24)n3-c2ccccc2-c2ccccc2)c1. The van der Waals surface area contributed by atoms with E-state index in [1.54, 1.807) is 6.07 Å². The predicted molar refractivity (Wildman–Crippen MR) is 259 cm³/mol.